The van der Waals surface area contributed by atoms with Crippen molar-refractivity contribution in [2.75, 3.05) is 54.1 Å². The van der Waals surface area contributed by atoms with Crippen molar-refractivity contribution >= 4 is 13.8 Å². The molecule has 0 aliphatic heterocycles. The molecule has 0 N–H and O–H groups in total. The Kier molecular flexibility index (Phi) is 46.6. The summed E-state index contributed by atoms with van der Waals surface area (Å²) in [6, 6.07) is 0. The van der Waals surface area contributed by atoms with Crippen LogP contribution < -0.4 is 4.89 Å². The summed E-state index contributed by atoms with van der Waals surface area (Å²) in [6.07, 6.45) is 71.9. The fourth-order valence-corrected chi connectivity index (χ4v) is 7.01. The third-order valence-corrected chi connectivity index (χ3v) is 11.2. The van der Waals surface area contributed by atoms with Gasteiger partial charge in [-0.15, -0.1) is 0 Å². The summed E-state index contributed by atoms with van der Waals surface area (Å²) >= 11 is 0. The highest BCUT2D eigenvalue weighted by Crippen LogP contribution is 2.38. The standard InChI is InChI=1S/C58H96NO7P/c1-6-8-10-12-14-16-18-20-22-24-26-28-29-30-31-32-33-35-37-39-41-43-45-47-49-51-58(60)66-57(56-65-67(61,62)64-54-52-59(3,4)5)55-63-53-50-48-46-44-42-40-38-36-34-27-25-23-21-19-17-15-13-11-9-7-2/h8-11,14-17,20-23,26-28,30-31,33-35,39,41,57H,6-7,12-13,18-19,24-25,29,32,36-38,40,42-56H2,1-5H3/b10-8-,11-9-,16-14-,17-15-,22-20-,23-21-,28-26-,31-30-,34-27-,35-33-,41-39-. The molecule has 0 rings (SSSR count). The highest BCUT2D eigenvalue weighted by Gasteiger charge is 2.20. The lowest BCUT2D eigenvalue weighted by Gasteiger charge is -2.28. The summed E-state index contributed by atoms with van der Waals surface area (Å²) in [7, 11) is 1.30. The number of nitrogens with zero attached hydrogens (tertiary/aromatic N) is 1. The fourth-order valence-electron chi connectivity index (χ4n) is 6.28. The molecule has 0 saturated heterocycles. The van der Waals surface area contributed by atoms with Crippen LogP contribution in [-0.2, 0) is 27.9 Å². The van der Waals surface area contributed by atoms with E-state index >= 15 is 0 Å². The number of rotatable bonds is 46. The number of unbranched alkanes of at least 4 members (excludes halogenated alkanes) is 10. The minimum atomic E-state index is -4.56. The van der Waals surface area contributed by atoms with Gasteiger partial charge in [-0.1, -0.05) is 186 Å². The third-order valence-electron chi connectivity index (χ3n) is 10.2. The molecule has 2 unspecified atom stereocenters. The van der Waals surface area contributed by atoms with Gasteiger partial charge in [0.1, 0.15) is 19.3 Å². The Hall–Kier alpha value is -3.36. The predicted octanol–water partition coefficient (Wildman–Crippen LogP) is 15.6. The number of likely N-dealkylation sites (N-methyl/N-ethyl adjacent to an activating group) is 1. The van der Waals surface area contributed by atoms with Crippen molar-refractivity contribution in [1.82, 2.24) is 0 Å². The molecule has 0 saturated carbocycles. The molecule has 2 atom stereocenters. The number of carbonyl (C=O) groups excluding carboxylic acids is 1. The van der Waals surface area contributed by atoms with Gasteiger partial charge in [-0.2, -0.15) is 0 Å². The number of phosphoric acid groups is 1. The van der Waals surface area contributed by atoms with Crippen molar-refractivity contribution in [2.24, 2.45) is 0 Å². The van der Waals surface area contributed by atoms with Crippen molar-refractivity contribution in [3.63, 3.8) is 0 Å². The first-order valence-corrected chi connectivity index (χ1v) is 27.4. The summed E-state index contributed by atoms with van der Waals surface area (Å²) in [6.45, 7) is 5.08. The van der Waals surface area contributed by atoms with Crippen molar-refractivity contribution < 1.29 is 37.3 Å². The van der Waals surface area contributed by atoms with Crippen molar-refractivity contribution in [2.45, 2.75) is 174 Å². The van der Waals surface area contributed by atoms with Crippen molar-refractivity contribution in [3.05, 3.63) is 134 Å². The lowest BCUT2D eigenvalue weighted by Crippen LogP contribution is -2.37. The van der Waals surface area contributed by atoms with Crippen LogP contribution in [0.2, 0.25) is 0 Å². The maximum atomic E-state index is 12.8. The molecule has 0 aromatic rings. The molecule has 380 valence electrons. The molecule has 0 heterocycles. The van der Waals surface area contributed by atoms with Crippen LogP contribution >= 0.6 is 7.82 Å². The highest BCUT2D eigenvalue weighted by atomic mass is 31.2. The number of allylic oxidation sites excluding steroid dienone is 22. The summed E-state index contributed by atoms with van der Waals surface area (Å²) in [4.78, 5) is 25.2. The largest absolute Gasteiger partial charge is 0.756 e. The molecule has 0 fully saturated rings. The molecule has 67 heavy (non-hydrogen) atoms. The molecule has 8 nitrogen and oxygen atoms in total. The molecule has 0 bridgehead atoms. The van der Waals surface area contributed by atoms with E-state index in [0.717, 1.165) is 116 Å². The first kappa shape index (κ1) is 63.6. The van der Waals surface area contributed by atoms with E-state index in [-0.39, 0.29) is 32.2 Å². The van der Waals surface area contributed by atoms with Crippen LogP contribution in [0.3, 0.4) is 0 Å². The minimum Gasteiger partial charge on any atom is -0.756 e. The number of esters is 1. The Morgan fingerprint density at radius 2 is 0.821 bits per heavy atom. The van der Waals surface area contributed by atoms with Gasteiger partial charge in [0.25, 0.3) is 7.82 Å². The maximum absolute atomic E-state index is 12.8. The van der Waals surface area contributed by atoms with E-state index in [4.69, 9.17) is 18.5 Å². The molecule has 0 aliphatic carbocycles. The van der Waals surface area contributed by atoms with E-state index in [9.17, 15) is 14.3 Å². The minimum absolute atomic E-state index is 0.00815. The number of ether oxygens (including phenoxy) is 2. The van der Waals surface area contributed by atoms with Gasteiger partial charge >= 0.3 is 5.97 Å². The van der Waals surface area contributed by atoms with Crippen LogP contribution in [0.4, 0.5) is 0 Å². The van der Waals surface area contributed by atoms with Gasteiger partial charge < -0.3 is 27.9 Å². The summed E-state index contributed by atoms with van der Waals surface area (Å²) in [5, 5.41) is 0. The van der Waals surface area contributed by atoms with Crippen LogP contribution in [0.1, 0.15) is 168 Å². The Bertz CT molecular complexity index is 1520. The van der Waals surface area contributed by atoms with Crippen molar-refractivity contribution in [3.8, 4) is 0 Å². The van der Waals surface area contributed by atoms with E-state index in [1.54, 1.807) is 0 Å². The van der Waals surface area contributed by atoms with Crippen LogP contribution in [0.25, 0.3) is 0 Å². The predicted molar refractivity (Wildman–Crippen MR) is 286 cm³/mol. The second kappa shape index (κ2) is 49.1. The topological polar surface area (TPSA) is 94.1 Å². The Morgan fingerprint density at radius 3 is 1.22 bits per heavy atom. The fraction of sp³-hybridized carbons (Fsp3) is 0.603. The number of carbonyl (C=O) groups is 1. The highest BCUT2D eigenvalue weighted by molar-refractivity contribution is 7.45. The summed E-state index contributed by atoms with van der Waals surface area (Å²) in [5.74, 6) is -0.376. The van der Waals surface area contributed by atoms with Gasteiger partial charge in [-0.05, 0) is 109 Å². The number of phosphoric ester groups is 1. The van der Waals surface area contributed by atoms with Crippen LogP contribution in [0.15, 0.2) is 134 Å². The number of hydrogen-bond donors (Lipinski definition) is 0. The lowest BCUT2D eigenvalue weighted by atomic mass is 10.1. The molecular weight excluding hydrogens is 854 g/mol. The van der Waals surface area contributed by atoms with Gasteiger partial charge in [0.05, 0.1) is 34.4 Å². The van der Waals surface area contributed by atoms with Gasteiger partial charge in [-0.3, -0.25) is 9.36 Å². The van der Waals surface area contributed by atoms with E-state index in [1.807, 2.05) is 21.1 Å². The molecule has 0 spiro atoms. The number of hydrogen-bond acceptors (Lipinski definition) is 7. The van der Waals surface area contributed by atoms with Crippen LogP contribution in [0.5, 0.6) is 0 Å². The Labute approximate surface area is 411 Å². The molecule has 0 amide bonds. The first-order chi connectivity index (χ1) is 32.6. The second-order valence-electron chi connectivity index (χ2n) is 17.8. The average Bonchev–Trinajstić information content (AvgIpc) is 3.29. The molecule has 0 aromatic heterocycles. The summed E-state index contributed by atoms with van der Waals surface area (Å²) in [5.41, 5.74) is 0. The Balaban J connectivity index is 4.29. The van der Waals surface area contributed by atoms with E-state index in [1.165, 1.54) is 25.7 Å². The van der Waals surface area contributed by atoms with Gasteiger partial charge in [0.15, 0.2) is 0 Å². The molecule has 0 aromatic carbocycles. The van der Waals surface area contributed by atoms with Crippen LogP contribution in [-0.4, -0.2) is 70.7 Å². The second-order valence-corrected chi connectivity index (χ2v) is 19.2. The quantitative estimate of drug-likeness (QED) is 0.0197. The SMILES string of the molecule is CC/C=C\C/C=C\C/C=C\C/C=C\C/C=C\C/C=C\C/C=C\CCCCCC(=O)OC(COCCCCCCCCC/C=C\C/C=C\C/C=C\C/C=C\CC)COP(=O)([O-])OCC[N+](C)(C)C. The normalized spacial score (nSPS) is 14.7. The molecule has 0 radical (unpaired) electrons. The monoisotopic (exact) mass is 950 g/mol. The average molecular weight is 950 g/mol. The Morgan fingerprint density at radius 1 is 0.463 bits per heavy atom. The first-order valence-electron chi connectivity index (χ1n) is 25.9. The smallest absolute Gasteiger partial charge is 0.306 e. The van der Waals surface area contributed by atoms with Gasteiger partial charge in [0.2, 0.25) is 0 Å². The van der Waals surface area contributed by atoms with E-state index in [2.05, 4.69) is 148 Å². The van der Waals surface area contributed by atoms with Gasteiger partial charge in [-0.25, -0.2) is 0 Å². The van der Waals surface area contributed by atoms with Gasteiger partial charge in [0, 0.05) is 13.0 Å². The maximum Gasteiger partial charge on any atom is 0.306 e. The van der Waals surface area contributed by atoms with E-state index < -0.39 is 13.9 Å². The molecule has 9 heteroatoms. The lowest BCUT2D eigenvalue weighted by molar-refractivity contribution is -0.870. The van der Waals surface area contributed by atoms with Crippen molar-refractivity contribution in [1.29, 1.82) is 0 Å². The van der Waals surface area contributed by atoms with E-state index in [0.29, 0.717) is 24.1 Å². The summed E-state index contributed by atoms with van der Waals surface area (Å²) < 4.78 is 34.7. The zero-order chi connectivity index (χ0) is 49.0. The van der Waals surface area contributed by atoms with Crippen LogP contribution in [0, 0.1) is 0 Å². The molecule has 0 aliphatic rings. The zero-order valence-corrected chi connectivity index (χ0v) is 43.9. The number of quaternary nitrogens is 1. The third kappa shape index (κ3) is 53.5. The molecular formula is C58H96NO7P. The zero-order valence-electron chi connectivity index (χ0n) is 43.0.